The number of carbonyl (C=O) groups excluding carboxylic acids is 2. The molecule has 2 amide bonds. The quantitative estimate of drug-likeness (QED) is 0.810. The maximum absolute atomic E-state index is 12.5. The Bertz CT molecular complexity index is 750. The number of amides is 2. The third kappa shape index (κ3) is 5.09. The second-order valence-electron chi connectivity index (χ2n) is 6.20. The van der Waals surface area contributed by atoms with Crippen LogP contribution in [0.15, 0.2) is 48.5 Å². The van der Waals surface area contributed by atoms with Crippen LogP contribution in [0.3, 0.4) is 0 Å². The molecule has 0 bridgehead atoms. The Morgan fingerprint density at radius 3 is 2.19 bits per heavy atom. The Balaban J connectivity index is 2.10. The van der Waals surface area contributed by atoms with Crippen LogP contribution in [0, 0.1) is 0 Å². The van der Waals surface area contributed by atoms with Gasteiger partial charge in [-0.3, -0.25) is 9.59 Å². The van der Waals surface area contributed by atoms with Gasteiger partial charge in [-0.05, 0) is 70.2 Å². The van der Waals surface area contributed by atoms with E-state index in [1.807, 2.05) is 39.8 Å². The van der Waals surface area contributed by atoms with Crippen molar-refractivity contribution >= 4 is 17.5 Å². The van der Waals surface area contributed by atoms with Gasteiger partial charge in [-0.15, -0.1) is 0 Å². The van der Waals surface area contributed by atoms with Gasteiger partial charge in [0.2, 0.25) is 0 Å². The van der Waals surface area contributed by atoms with Crippen LogP contribution in [0.1, 0.15) is 48.4 Å². The fourth-order valence-corrected chi connectivity index (χ4v) is 2.58. The first-order chi connectivity index (χ1) is 12.4. The summed E-state index contributed by atoms with van der Waals surface area (Å²) in [5.41, 5.74) is 1.64. The molecule has 0 aliphatic carbocycles. The zero-order valence-electron chi connectivity index (χ0n) is 15.8. The van der Waals surface area contributed by atoms with Crippen LogP contribution in [0.4, 0.5) is 5.69 Å². The summed E-state index contributed by atoms with van der Waals surface area (Å²) >= 11 is 0. The topological polar surface area (TPSA) is 58.6 Å². The van der Waals surface area contributed by atoms with Crippen LogP contribution in [0.2, 0.25) is 0 Å². The number of ether oxygens (including phenoxy) is 1. The molecular formula is C21H26N2O3. The number of nitrogens with one attached hydrogen (secondary N) is 1. The van der Waals surface area contributed by atoms with Crippen molar-refractivity contribution in [1.29, 1.82) is 0 Å². The highest BCUT2D eigenvalue weighted by Gasteiger charge is 2.15. The SMILES string of the molecule is CCN(CC)C(=O)c1cccc(C(=O)Nc2ccc(OC(C)C)cc2)c1. The minimum absolute atomic E-state index is 0.0696. The minimum Gasteiger partial charge on any atom is -0.491 e. The molecule has 0 saturated heterocycles. The van der Waals surface area contributed by atoms with Crippen molar-refractivity contribution in [2.75, 3.05) is 18.4 Å². The van der Waals surface area contributed by atoms with Gasteiger partial charge in [0.25, 0.3) is 11.8 Å². The molecule has 0 spiro atoms. The average molecular weight is 354 g/mol. The minimum atomic E-state index is -0.253. The van der Waals surface area contributed by atoms with Gasteiger partial charge in [-0.2, -0.15) is 0 Å². The maximum atomic E-state index is 12.5. The molecule has 0 aromatic heterocycles. The summed E-state index contributed by atoms with van der Waals surface area (Å²) in [4.78, 5) is 26.7. The molecule has 26 heavy (non-hydrogen) atoms. The number of rotatable bonds is 7. The molecule has 0 saturated carbocycles. The summed E-state index contributed by atoms with van der Waals surface area (Å²) in [7, 11) is 0. The molecule has 5 nitrogen and oxygen atoms in total. The normalized spacial score (nSPS) is 10.5. The number of nitrogens with zero attached hydrogens (tertiary/aromatic N) is 1. The Hall–Kier alpha value is -2.82. The molecule has 0 radical (unpaired) electrons. The lowest BCUT2D eigenvalue weighted by Crippen LogP contribution is -2.30. The third-order valence-corrected chi connectivity index (χ3v) is 3.91. The van der Waals surface area contributed by atoms with Crippen molar-refractivity contribution < 1.29 is 14.3 Å². The first kappa shape index (κ1) is 19.5. The maximum Gasteiger partial charge on any atom is 0.255 e. The molecule has 138 valence electrons. The van der Waals surface area contributed by atoms with Crippen LogP contribution in [0.25, 0.3) is 0 Å². The van der Waals surface area contributed by atoms with Crippen LogP contribution in [-0.2, 0) is 0 Å². The van der Waals surface area contributed by atoms with Gasteiger partial charge in [-0.1, -0.05) is 6.07 Å². The van der Waals surface area contributed by atoms with Gasteiger partial charge in [-0.25, -0.2) is 0 Å². The second kappa shape index (κ2) is 9.04. The molecule has 5 heteroatoms. The number of hydrogen-bond acceptors (Lipinski definition) is 3. The summed E-state index contributed by atoms with van der Waals surface area (Å²) in [5, 5.41) is 2.84. The highest BCUT2D eigenvalue weighted by molar-refractivity contribution is 6.06. The van der Waals surface area contributed by atoms with E-state index in [2.05, 4.69) is 5.32 Å². The highest BCUT2D eigenvalue weighted by Crippen LogP contribution is 2.18. The zero-order valence-corrected chi connectivity index (χ0v) is 15.8. The molecular weight excluding hydrogens is 328 g/mol. The van der Waals surface area contributed by atoms with Crippen molar-refractivity contribution in [1.82, 2.24) is 4.90 Å². The van der Waals surface area contributed by atoms with Crippen LogP contribution in [-0.4, -0.2) is 35.9 Å². The Kier molecular flexibility index (Phi) is 6.78. The molecule has 0 unspecified atom stereocenters. The molecule has 0 heterocycles. The van der Waals surface area contributed by atoms with E-state index in [-0.39, 0.29) is 17.9 Å². The monoisotopic (exact) mass is 354 g/mol. The third-order valence-electron chi connectivity index (χ3n) is 3.91. The molecule has 0 atom stereocenters. The molecule has 0 aliphatic rings. The predicted octanol–water partition coefficient (Wildman–Crippen LogP) is 4.21. The van der Waals surface area contributed by atoms with E-state index in [1.54, 1.807) is 41.3 Å². The number of carbonyl (C=O) groups is 2. The number of hydrogen-bond donors (Lipinski definition) is 1. The highest BCUT2D eigenvalue weighted by atomic mass is 16.5. The van der Waals surface area contributed by atoms with Crippen molar-refractivity contribution in [2.24, 2.45) is 0 Å². The molecule has 0 aliphatic heterocycles. The van der Waals surface area contributed by atoms with Gasteiger partial charge in [0.15, 0.2) is 0 Å². The largest absolute Gasteiger partial charge is 0.491 e. The van der Waals surface area contributed by atoms with E-state index in [1.165, 1.54) is 0 Å². The predicted molar refractivity (Wildman–Crippen MR) is 104 cm³/mol. The molecule has 2 rings (SSSR count). The number of benzene rings is 2. The van der Waals surface area contributed by atoms with Gasteiger partial charge in [0.1, 0.15) is 5.75 Å². The van der Waals surface area contributed by atoms with E-state index >= 15 is 0 Å². The van der Waals surface area contributed by atoms with E-state index < -0.39 is 0 Å². The summed E-state index contributed by atoms with van der Waals surface area (Å²) < 4.78 is 5.59. The van der Waals surface area contributed by atoms with Crippen LogP contribution in [0.5, 0.6) is 5.75 Å². The van der Waals surface area contributed by atoms with E-state index in [0.717, 1.165) is 5.75 Å². The summed E-state index contributed by atoms with van der Waals surface area (Å²) in [6, 6.07) is 14.0. The van der Waals surface area contributed by atoms with Gasteiger partial charge in [0, 0.05) is 29.9 Å². The number of anilines is 1. The second-order valence-corrected chi connectivity index (χ2v) is 6.20. The van der Waals surface area contributed by atoms with E-state index in [4.69, 9.17) is 4.74 Å². The fraction of sp³-hybridized carbons (Fsp3) is 0.333. The summed E-state index contributed by atoms with van der Waals surface area (Å²) in [6.45, 7) is 9.06. The van der Waals surface area contributed by atoms with Crippen LogP contribution >= 0.6 is 0 Å². The van der Waals surface area contributed by atoms with Crippen molar-refractivity contribution in [3.63, 3.8) is 0 Å². The van der Waals surface area contributed by atoms with Gasteiger partial charge in [0.05, 0.1) is 6.10 Å². The molecule has 2 aromatic carbocycles. The average Bonchev–Trinajstić information content (AvgIpc) is 2.64. The molecule has 1 N–H and O–H groups in total. The van der Waals surface area contributed by atoms with E-state index in [0.29, 0.717) is 29.9 Å². The summed E-state index contributed by atoms with van der Waals surface area (Å²) in [5.74, 6) is 0.432. The lowest BCUT2D eigenvalue weighted by Gasteiger charge is -2.18. The Labute approximate surface area is 155 Å². The van der Waals surface area contributed by atoms with Gasteiger partial charge >= 0.3 is 0 Å². The zero-order chi connectivity index (χ0) is 19.1. The Morgan fingerprint density at radius 1 is 1.00 bits per heavy atom. The van der Waals surface area contributed by atoms with Crippen molar-refractivity contribution in [3.8, 4) is 5.75 Å². The smallest absolute Gasteiger partial charge is 0.255 e. The first-order valence-corrected chi connectivity index (χ1v) is 8.92. The summed E-state index contributed by atoms with van der Waals surface area (Å²) in [6.07, 6.45) is 0.0986. The first-order valence-electron chi connectivity index (χ1n) is 8.92. The molecule has 2 aromatic rings. The van der Waals surface area contributed by atoms with Crippen molar-refractivity contribution in [3.05, 3.63) is 59.7 Å². The Morgan fingerprint density at radius 2 is 1.62 bits per heavy atom. The van der Waals surface area contributed by atoms with Crippen molar-refractivity contribution in [2.45, 2.75) is 33.8 Å². The van der Waals surface area contributed by atoms with E-state index in [9.17, 15) is 9.59 Å². The fourth-order valence-electron chi connectivity index (χ4n) is 2.58. The standard InChI is InChI=1S/C21H26N2O3/c1-5-23(6-2)21(25)17-9-7-8-16(14-17)20(24)22-18-10-12-19(13-11-18)26-15(3)4/h7-15H,5-6H2,1-4H3,(H,22,24). The van der Waals surface area contributed by atoms with Gasteiger partial charge < -0.3 is 15.0 Å². The lowest BCUT2D eigenvalue weighted by molar-refractivity contribution is 0.0773. The van der Waals surface area contributed by atoms with Crippen LogP contribution < -0.4 is 10.1 Å². The lowest BCUT2D eigenvalue weighted by atomic mass is 10.1. The molecule has 0 fully saturated rings.